The topological polar surface area (TPSA) is 99.4 Å². The lowest BCUT2D eigenvalue weighted by molar-refractivity contribution is -0.231. The largest absolute Gasteiger partial charge is 0.394 e. The van der Waals surface area contributed by atoms with Gasteiger partial charge in [0.25, 0.3) is 0 Å². The van der Waals surface area contributed by atoms with Crippen molar-refractivity contribution in [2.75, 3.05) is 13.7 Å². The molecule has 1 heterocycles. The van der Waals surface area contributed by atoms with Gasteiger partial charge in [0.05, 0.1) is 12.7 Å². The molecular weight excluding hydrogens is 348 g/mol. The molecule has 4 N–H and O–H groups in total. The van der Waals surface area contributed by atoms with Crippen LogP contribution in [0.15, 0.2) is 18.2 Å². The molecular formula is C21H32O6. The van der Waals surface area contributed by atoms with Crippen molar-refractivity contribution >= 4 is 0 Å². The molecule has 1 aliphatic carbocycles. The highest BCUT2D eigenvalue weighted by Gasteiger charge is 2.44. The summed E-state index contributed by atoms with van der Waals surface area (Å²) in [5.41, 5.74) is 3.17. The Morgan fingerprint density at radius 2 is 1.74 bits per heavy atom. The molecule has 1 saturated heterocycles. The third-order valence-electron chi connectivity index (χ3n) is 6.23. The zero-order valence-corrected chi connectivity index (χ0v) is 16.1. The minimum Gasteiger partial charge on any atom is -0.394 e. The van der Waals surface area contributed by atoms with Crippen molar-refractivity contribution < 1.29 is 29.9 Å². The summed E-state index contributed by atoms with van der Waals surface area (Å²) in [5, 5.41) is 39.8. The first kappa shape index (κ1) is 20.7. The standard InChI is InChI=1S/C21H32O6/c1-12-3-6-14(21-20(25)19(24)18(23)17(11-22)27-21)10-15(12)9-13-4-7-16(26-2)8-5-13/h3,6,10,13,16-25H,4-5,7-9,11H2,1-2H3/t13?,16?,17-,18-,19+,20-,21+/m1/s1. The van der Waals surface area contributed by atoms with Crippen LogP contribution in [0.2, 0.25) is 0 Å². The highest BCUT2D eigenvalue weighted by molar-refractivity contribution is 5.33. The first-order chi connectivity index (χ1) is 12.9. The molecule has 0 spiro atoms. The van der Waals surface area contributed by atoms with Gasteiger partial charge in [0.15, 0.2) is 0 Å². The molecule has 0 aromatic heterocycles. The van der Waals surface area contributed by atoms with Crippen LogP contribution in [-0.2, 0) is 15.9 Å². The third kappa shape index (κ3) is 4.53. The van der Waals surface area contributed by atoms with Crippen molar-refractivity contribution in [1.82, 2.24) is 0 Å². The molecule has 1 aromatic carbocycles. The monoisotopic (exact) mass is 380 g/mol. The molecule has 1 aliphatic heterocycles. The zero-order valence-electron chi connectivity index (χ0n) is 16.1. The summed E-state index contributed by atoms with van der Waals surface area (Å²) in [6.07, 6.45) is 0.221. The Kier molecular flexibility index (Phi) is 6.89. The van der Waals surface area contributed by atoms with Crippen LogP contribution >= 0.6 is 0 Å². The number of aliphatic hydroxyl groups excluding tert-OH is 4. The Hall–Kier alpha value is -1.02. The number of methoxy groups -OCH3 is 1. The van der Waals surface area contributed by atoms with Crippen molar-refractivity contribution in [1.29, 1.82) is 0 Å². The summed E-state index contributed by atoms with van der Waals surface area (Å²) in [5.74, 6) is 0.611. The maximum Gasteiger partial charge on any atom is 0.113 e. The average molecular weight is 380 g/mol. The Balaban J connectivity index is 1.74. The molecule has 6 nitrogen and oxygen atoms in total. The van der Waals surface area contributed by atoms with Gasteiger partial charge >= 0.3 is 0 Å². The van der Waals surface area contributed by atoms with E-state index in [1.165, 1.54) is 11.1 Å². The number of rotatable bonds is 5. The van der Waals surface area contributed by atoms with E-state index in [0.717, 1.165) is 37.7 Å². The molecule has 6 heteroatoms. The summed E-state index contributed by atoms with van der Waals surface area (Å²) in [4.78, 5) is 0. The minimum atomic E-state index is -1.35. The van der Waals surface area contributed by atoms with Gasteiger partial charge < -0.3 is 29.9 Å². The van der Waals surface area contributed by atoms with Crippen LogP contribution in [0.5, 0.6) is 0 Å². The number of hydrogen-bond acceptors (Lipinski definition) is 6. The van der Waals surface area contributed by atoms with Gasteiger partial charge in [0.2, 0.25) is 0 Å². The van der Waals surface area contributed by atoms with E-state index in [1.807, 2.05) is 18.2 Å². The molecule has 2 aliphatic rings. The first-order valence-corrected chi connectivity index (χ1v) is 9.87. The second-order valence-electron chi connectivity index (χ2n) is 8.02. The van der Waals surface area contributed by atoms with Crippen LogP contribution in [-0.4, -0.2) is 64.7 Å². The van der Waals surface area contributed by atoms with Crippen LogP contribution in [0, 0.1) is 12.8 Å². The lowest BCUT2D eigenvalue weighted by Gasteiger charge is -2.40. The summed E-state index contributed by atoms with van der Waals surface area (Å²) in [7, 11) is 1.78. The van der Waals surface area contributed by atoms with E-state index in [2.05, 4.69) is 6.92 Å². The van der Waals surface area contributed by atoms with Crippen molar-refractivity contribution in [2.24, 2.45) is 5.92 Å². The van der Waals surface area contributed by atoms with E-state index >= 15 is 0 Å². The third-order valence-corrected chi connectivity index (χ3v) is 6.23. The number of benzene rings is 1. The van der Waals surface area contributed by atoms with Gasteiger partial charge in [-0.3, -0.25) is 0 Å². The maximum absolute atomic E-state index is 10.4. The normalized spacial score (nSPS) is 37.3. The van der Waals surface area contributed by atoms with Crippen LogP contribution in [0.3, 0.4) is 0 Å². The lowest BCUT2D eigenvalue weighted by Crippen LogP contribution is -2.55. The number of aryl methyl sites for hydroxylation is 1. The van der Waals surface area contributed by atoms with Gasteiger partial charge in [-0.15, -0.1) is 0 Å². The number of aliphatic hydroxyl groups is 4. The van der Waals surface area contributed by atoms with Gasteiger partial charge in [-0.2, -0.15) is 0 Å². The predicted molar refractivity (Wildman–Crippen MR) is 100 cm³/mol. The molecule has 2 fully saturated rings. The molecule has 1 aromatic rings. The first-order valence-electron chi connectivity index (χ1n) is 9.87. The van der Waals surface area contributed by atoms with E-state index in [0.29, 0.717) is 12.0 Å². The molecule has 1 saturated carbocycles. The fourth-order valence-corrected chi connectivity index (χ4v) is 4.35. The Labute approximate surface area is 160 Å². The van der Waals surface area contributed by atoms with E-state index in [9.17, 15) is 20.4 Å². The summed E-state index contributed by atoms with van der Waals surface area (Å²) >= 11 is 0. The van der Waals surface area contributed by atoms with Crippen LogP contribution in [0.1, 0.15) is 48.5 Å². The highest BCUT2D eigenvalue weighted by atomic mass is 16.5. The van der Waals surface area contributed by atoms with Gasteiger partial charge in [-0.25, -0.2) is 0 Å². The summed E-state index contributed by atoms with van der Waals surface area (Å²) < 4.78 is 11.2. The fourth-order valence-electron chi connectivity index (χ4n) is 4.35. The summed E-state index contributed by atoms with van der Waals surface area (Å²) in [6, 6.07) is 5.92. The van der Waals surface area contributed by atoms with E-state index in [1.54, 1.807) is 7.11 Å². The Bertz CT molecular complexity index is 611. The molecule has 0 radical (unpaired) electrons. The lowest BCUT2D eigenvalue weighted by atomic mass is 9.82. The van der Waals surface area contributed by atoms with E-state index < -0.39 is 37.1 Å². The molecule has 5 atom stereocenters. The zero-order chi connectivity index (χ0) is 19.6. The van der Waals surface area contributed by atoms with Crippen molar-refractivity contribution in [2.45, 2.75) is 75.7 Å². The maximum atomic E-state index is 10.4. The van der Waals surface area contributed by atoms with E-state index in [-0.39, 0.29) is 0 Å². The quantitative estimate of drug-likeness (QED) is 0.614. The van der Waals surface area contributed by atoms with Gasteiger partial charge in [0.1, 0.15) is 30.5 Å². The van der Waals surface area contributed by atoms with Crippen molar-refractivity contribution in [3.05, 3.63) is 34.9 Å². The van der Waals surface area contributed by atoms with Crippen molar-refractivity contribution in [3.8, 4) is 0 Å². The van der Waals surface area contributed by atoms with Gasteiger partial charge in [-0.05, 0) is 61.6 Å². The Morgan fingerprint density at radius 1 is 1.04 bits per heavy atom. The predicted octanol–water partition coefficient (Wildman–Crippen LogP) is 1.26. The minimum absolute atomic E-state index is 0.378. The van der Waals surface area contributed by atoms with Gasteiger partial charge in [0, 0.05) is 7.11 Å². The fraction of sp³-hybridized carbons (Fsp3) is 0.714. The average Bonchev–Trinajstić information content (AvgIpc) is 2.69. The van der Waals surface area contributed by atoms with Crippen LogP contribution < -0.4 is 0 Å². The second-order valence-corrected chi connectivity index (χ2v) is 8.02. The van der Waals surface area contributed by atoms with E-state index in [4.69, 9.17) is 9.47 Å². The second kappa shape index (κ2) is 8.99. The SMILES string of the molecule is COC1CCC(Cc2cc([C@@H]3O[C@H](CO)[C@@H](O)[C@H](O)[C@H]3O)ccc2C)CC1. The highest BCUT2D eigenvalue weighted by Crippen LogP contribution is 2.35. The molecule has 27 heavy (non-hydrogen) atoms. The van der Waals surface area contributed by atoms with Crippen LogP contribution in [0.25, 0.3) is 0 Å². The smallest absolute Gasteiger partial charge is 0.113 e. The molecule has 152 valence electrons. The summed E-state index contributed by atoms with van der Waals surface area (Å²) in [6.45, 7) is 1.66. The molecule has 0 amide bonds. The Morgan fingerprint density at radius 3 is 2.37 bits per heavy atom. The molecule has 0 unspecified atom stereocenters. The molecule has 3 rings (SSSR count). The van der Waals surface area contributed by atoms with Gasteiger partial charge in [-0.1, -0.05) is 18.2 Å². The van der Waals surface area contributed by atoms with Crippen molar-refractivity contribution in [3.63, 3.8) is 0 Å². The molecule has 0 bridgehead atoms. The number of hydrogen-bond donors (Lipinski definition) is 4. The van der Waals surface area contributed by atoms with Crippen LogP contribution in [0.4, 0.5) is 0 Å². The number of ether oxygens (including phenoxy) is 2.